The maximum absolute atomic E-state index is 13.7. The number of carbonyl (C=O) groups is 4. The number of aliphatic carboxylic acids is 2. The van der Waals surface area contributed by atoms with Gasteiger partial charge in [0, 0.05) is 23.0 Å². The third-order valence-corrected chi connectivity index (χ3v) is 10.0. The lowest BCUT2D eigenvalue weighted by molar-refractivity contribution is -0.166. The van der Waals surface area contributed by atoms with Crippen molar-refractivity contribution in [3.05, 3.63) is 143 Å². The molecule has 0 aromatic heterocycles. The van der Waals surface area contributed by atoms with E-state index in [1.54, 1.807) is 48.5 Å². The van der Waals surface area contributed by atoms with Crippen molar-refractivity contribution in [2.75, 3.05) is 26.4 Å². The predicted octanol–water partition coefficient (Wildman–Crippen LogP) is 4.26. The van der Waals surface area contributed by atoms with Crippen molar-refractivity contribution in [2.45, 2.75) is 56.8 Å². The minimum atomic E-state index is -2.21. The summed E-state index contributed by atoms with van der Waals surface area (Å²) in [5.74, 6) is -6.87. The van der Waals surface area contributed by atoms with Crippen molar-refractivity contribution in [1.29, 1.82) is 0 Å². The van der Waals surface area contributed by atoms with Crippen LogP contribution in [0.3, 0.4) is 0 Å². The smallest absolute Gasteiger partial charge is 0.349 e. The highest BCUT2D eigenvalue weighted by Crippen LogP contribution is 2.39. The summed E-state index contributed by atoms with van der Waals surface area (Å²) in [7, 11) is 0. The Kier molecular flexibility index (Phi) is 17.3. The van der Waals surface area contributed by atoms with Crippen LogP contribution < -0.4 is 11.5 Å². The predicted molar refractivity (Wildman–Crippen MR) is 210 cm³/mol. The van der Waals surface area contributed by atoms with Crippen molar-refractivity contribution in [1.82, 2.24) is 0 Å². The van der Waals surface area contributed by atoms with Crippen molar-refractivity contribution in [3.63, 3.8) is 0 Å². The Hall–Kier alpha value is -5.62. The number of carboxylic acid groups (broad SMARTS) is 2. The molecule has 318 valence electrons. The number of benzene rings is 4. The summed E-state index contributed by atoms with van der Waals surface area (Å²) in [5, 5.41) is 37.2. The van der Waals surface area contributed by atoms with E-state index in [9.17, 15) is 48.4 Å². The second kappa shape index (κ2) is 21.4. The van der Waals surface area contributed by atoms with Crippen molar-refractivity contribution < 1.29 is 67.3 Å². The lowest BCUT2D eigenvalue weighted by atomic mass is 9.79. The molecule has 0 saturated carbocycles. The van der Waals surface area contributed by atoms with Crippen LogP contribution in [-0.4, -0.2) is 95.1 Å². The molecule has 0 amide bonds. The van der Waals surface area contributed by atoms with E-state index in [2.05, 4.69) is 0 Å². The molecular formula is C43H50F2N2O12. The number of aliphatic hydroxyl groups is 2. The van der Waals surface area contributed by atoms with Crippen molar-refractivity contribution in [3.8, 4) is 0 Å². The first-order valence-electron chi connectivity index (χ1n) is 18.1. The van der Waals surface area contributed by atoms with Gasteiger partial charge in [-0.3, -0.25) is 0 Å². The number of halogens is 2. The average molecular weight is 825 g/mol. The number of hydrogen-bond acceptors (Lipinski definition) is 12. The molecule has 4 aromatic carbocycles. The van der Waals surface area contributed by atoms with E-state index < -0.39 is 47.2 Å². The van der Waals surface area contributed by atoms with Gasteiger partial charge in [-0.1, -0.05) is 80.2 Å². The van der Waals surface area contributed by atoms with Gasteiger partial charge >= 0.3 is 23.9 Å². The molecule has 8 atom stereocenters. The van der Waals surface area contributed by atoms with E-state index in [0.29, 0.717) is 11.1 Å². The number of nitrogens with two attached hydrogens (primary N) is 2. The molecule has 2 aliphatic rings. The molecule has 0 radical (unpaired) electrons. The van der Waals surface area contributed by atoms with Crippen LogP contribution in [-0.2, 0) is 39.6 Å². The third kappa shape index (κ3) is 11.3. The molecule has 6 rings (SSSR count). The average Bonchev–Trinajstić information content (AvgIpc) is 3.69. The van der Waals surface area contributed by atoms with Crippen LogP contribution >= 0.6 is 0 Å². The summed E-state index contributed by atoms with van der Waals surface area (Å²) >= 11 is 0. The first kappa shape index (κ1) is 47.8. The van der Waals surface area contributed by atoms with Crippen LogP contribution in [0.4, 0.5) is 8.78 Å². The zero-order chi connectivity index (χ0) is 42.6. The Morgan fingerprint density at radius 2 is 0.932 bits per heavy atom. The molecule has 2 fully saturated rings. The fourth-order valence-electron chi connectivity index (χ4n) is 6.68. The molecule has 2 aliphatic heterocycles. The first-order chi connectivity index (χ1) is 27.6. The molecule has 0 aliphatic carbocycles. The number of aliphatic hydroxyl groups excluding tert-OH is 2. The van der Waals surface area contributed by atoms with Gasteiger partial charge in [-0.15, -0.1) is 0 Å². The van der Waals surface area contributed by atoms with Crippen LogP contribution in [0.15, 0.2) is 109 Å². The normalized spacial score (nSPS) is 24.1. The fourth-order valence-corrected chi connectivity index (χ4v) is 6.68. The highest BCUT2D eigenvalue weighted by molar-refractivity contribution is 5.95. The molecule has 2 saturated heterocycles. The Morgan fingerprint density at radius 3 is 1.22 bits per heavy atom. The van der Waals surface area contributed by atoms with E-state index >= 15 is 0 Å². The molecular weight excluding hydrogens is 774 g/mol. The number of esters is 2. The Bertz CT molecular complexity index is 1870. The SMILES string of the molecule is C.C[C@H]1OC[C@@](N)(c2ccccc2F)[C@@H]1CO.C[C@H]1OC[C@@](N)(c2ccccc2F)[C@@H]1CO.O=C(O[C@H](C(=O)O)[C@H](OC(=O)c1ccccc1)C(=O)O)c1ccccc1. The zero-order valence-corrected chi connectivity index (χ0v) is 31.7. The van der Waals surface area contributed by atoms with Gasteiger partial charge in [-0.25, -0.2) is 28.0 Å². The van der Waals surface area contributed by atoms with E-state index in [1.807, 2.05) is 13.8 Å². The molecule has 0 spiro atoms. The Labute approximate surface area is 340 Å². The number of carboxylic acids is 2. The molecule has 16 heteroatoms. The summed E-state index contributed by atoms with van der Waals surface area (Å²) < 4.78 is 47.8. The Morgan fingerprint density at radius 1 is 0.627 bits per heavy atom. The summed E-state index contributed by atoms with van der Waals surface area (Å²) in [6.45, 7) is 3.95. The van der Waals surface area contributed by atoms with Gasteiger partial charge in [0.1, 0.15) is 11.6 Å². The molecule has 59 heavy (non-hydrogen) atoms. The third-order valence-electron chi connectivity index (χ3n) is 10.0. The largest absolute Gasteiger partial charge is 0.478 e. The first-order valence-corrected chi connectivity index (χ1v) is 18.1. The van der Waals surface area contributed by atoms with Gasteiger partial charge in [0.25, 0.3) is 0 Å². The second-order valence-electron chi connectivity index (χ2n) is 13.7. The van der Waals surface area contributed by atoms with Gasteiger partial charge in [-0.2, -0.15) is 0 Å². The van der Waals surface area contributed by atoms with Crippen molar-refractivity contribution in [2.24, 2.45) is 23.3 Å². The molecule has 14 nitrogen and oxygen atoms in total. The maximum atomic E-state index is 13.7. The zero-order valence-electron chi connectivity index (χ0n) is 31.7. The minimum absolute atomic E-state index is 0. The molecule has 0 unspecified atom stereocenters. The number of rotatable bonds is 11. The summed E-state index contributed by atoms with van der Waals surface area (Å²) in [6.07, 6.45) is -4.75. The van der Waals surface area contributed by atoms with Crippen molar-refractivity contribution >= 4 is 23.9 Å². The summed E-state index contributed by atoms with van der Waals surface area (Å²) in [6, 6.07) is 27.6. The van der Waals surface area contributed by atoms with E-state index in [1.165, 1.54) is 60.7 Å². The monoisotopic (exact) mass is 824 g/mol. The number of ether oxygens (including phenoxy) is 4. The second-order valence-corrected chi connectivity index (χ2v) is 13.7. The number of carbonyl (C=O) groups excluding carboxylic acids is 2. The van der Waals surface area contributed by atoms with Crippen LogP contribution in [0, 0.1) is 23.5 Å². The van der Waals surface area contributed by atoms with E-state index in [-0.39, 0.29) is 80.7 Å². The van der Waals surface area contributed by atoms with Crippen LogP contribution in [0.25, 0.3) is 0 Å². The Balaban J connectivity index is 0.000000245. The standard InChI is InChI=1S/C18H14O8.2C12H16FNO2.CH4/c19-15(20)13(25-17(23)11-7-3-1-4-8-11)14(16(21)22)26-18(24)12-9-5-2-6-10-12;2*1-8-10(6-15)12(14,7-16-8)9-4-2-3-5-11(9)13;/h1-10,13-14H,(H,19,20)(H,21,22);2*2-5,8,10,15H,6-7,14H2,1H3;1H4/t13-,14-;2*8-,10-,12-;/m011./s1. The lowest BCUT2D eigenvalue weighted by Gasteiger charge is -2.30. The summed E-state index contributed by atoms with van der Waals surface area (Å²) in [4.78, 5) is 46.8. The van der Waals surface area contributed by atoms with Gasteiger partial charge < -0.3 is 50.8 Å². The van der Waals surface area contributed by atoms with Crippen LogP contribution in [0.5, 0.6) is 0 Å². The van der Waals surface area contributed by atoms with Gasteiger partial charge in [-0.05, 0) is 50.2 Å². The fraction of sp³-hybridized carbons (Fsp3) is 0.349. The highest BCUT2D eigenvalue weighted by Gasteiger charge is 2.48. The minimum Gasteiger partial charge on any atom is -0.478 e. The maximum Gasteiger partial charge on any atom is 0.349 e. The van der Waals surface area contributed by atoms with Crippen LogP contribution in [0.2, 0.25) is 0 Å². The van der Waals surface area contributed by atoms with Gasteiger partial charge in [0.05, 0.1) is 60.8 Å². The van der Waals surface area contributed by atoms with E-state index in [0.717, 1.165) is 0 Å². The van der Waals surface area contributed by atoms with Gasteiger partial charge in [0.15, 0.2) is 0 Å². The quantitative estimate of drug-likeness (QED) is 0.116. The molecule has 8 N–H and O–H groups in total. The topological polar surface area (TPSA) is 238 Å². The molecule has 2 heterocycles. The molecule has 0 bridgehead atoms. The summed E-state index contributed by atoms with van der Waals surface area (Å²) in [5.41, 5.74) is 11.4. The van der Waals surface area contributed by atoms with Crippen LogP contribution in [0.1, 0.15) is 53.1 Å². The highest BCUT2D eigenvalue weighted by atomic mass is 19.1. The van der Waals surface area contributed by atoms with Gasteiger partial charge in [0.2, 0.25) is 12.2 Å². The number of hydrogen-bond donors (Lipinski definition) is 6. The molecule has 4 aromatic rings. The lowest BCUT2D eigenvalue weighted by Crippen LogP contribution is -2.47. The van der Waals surface area contributed by atoms with E-state index in [4.69, 9.17) is 30.4 Å².